The summed E-state index contributed by atoms with van der Waals surface area (Å²) in [5.41, 5.74) is 1.01. The molecule has 1 N–H and O–H groups in total. The molecule has 0 aromatic heterocycles. The Morgan fingerprint density at radius 1 is 1.29 bits per heavy atom. The smallest absolute Gasteiger partial charge is 0.0745 e. The normalized spacial score (nSPS) is 13.3. The fourth-order valence-corrected chi connectivity index (χ4v) is 1.41. The van der Waals surface area contributed by atoms with Crippen molar-refractivity contribution in [1.82, 2.24) is 5.32 Å². The van der Waals surface area contributed by atoms with E-state index in [2.05, 4.69) is 30.3 Å². The minimum atomic E-state index is -0.255. The summed E-state index contributed by atoms with van der Waals surface area (Å²) >= 11 is 0. The van der Waals surface area contributed by atoms with Gasteiger partial charge in [-0.1, -0.05) is 36.3 Å². The Bertz CT molecular complexity index is 319. The first-order valence-corrected chi connectivity index (χ1v) is 4.85. The molecule has 0 fully saturated rings. The highest BCUT2D eigenvalue weighted by Gasteiger charge is 2.16. The molecule has 0 spiro atoms. The molecule has 0 aliphatic heterocycles. The zero-order chi connectivity index (χ0) is 10.6. The monoisotopic (exact) mass is 187 g/mol. The topological polar surface area (TPSA) is 12.0 Å². The highest BCUT2D eigenvalue weighted by Crippen LogP contribution is 2.15. The predicted octanol–water partition coefficient (Wildman–Crippen LogP) is 2.75. The van der Waals surface area contributed by atoms with Crippen molar-refractivity contribution in [3.05, 3.63) is 35.9 Å². The van der Waals surface area contributed by atoms with Gasteiger partial charge in [-0.15, -0.1) is 6.42 Å². The molecule has 0 aliphatic carbocycles. The van der Waals surface area contributed by atoms with E-state index >= 15 is 0 Å². The molecular formula is C13H17N. The first-order chi connectivity index (χ1) is 6.55. The van der Waals surface area contributed by atoms with Crippen LogP contribution in [0.15, 0.2) is 30.3 Å². The van der Waals surface area contributed by atoms with Gasteiger partial charge in [0, 0.05) is 6.04 Å². The minimum absolute atomic E-state index is 0.255. The van der Waals surface area contributed by atoms with Gasteiger partial charge in [-0.05, 0) is 26.3 Å². The summed E-state index contributed by atoms with van der Waals surface area (Å²) in [5.74, 6) is 2.73. The van der Waals surface area contributed by atoms with Crippen LogP contribution >= 0.6 is 0 Å². The Hall–Kier alpha value is -1.26. The van der Waals surface area contributed by atoms with E-state index in [0.717, 1.165) is 0 Å². The van der Waals surface area contributed by atoms with Crippen LogP contribution in [0, 0.1) is 12.3 Å². The second-order valence-electron chi connectivity index (χ2n) is 4.05. The zero-order valence-electron chi connectivity index (χ0n) is 9.04. The second-order valence-corrected chi connectivity index (χ2v) is 4.05. The van der Waals surface area contributed by atoms with Crippen molar-refractivity contribution in [1.29, 1.82) is 0 Å². The van der Waals surface area contributed by atoms with E-state index in [4.69, 9.17) is 6.42 Å². The molecule has 0 aliphatic rings. The highest BCUT2D eigenvalue weighted by atomic mass is 15.0. The molecule has 0 saturated carbocycles. The van der Waals surface area contributed by atoms with Crippen LogP contribution in [0.1, 0.15) is 32.4 Å². The fourth-order valence-electron chi connectivity index (χ4n) is 1.41. The van der Waals surface area contributed by atoms with Gasteiger partial charge in [0.05, 0.1) is 5.54 Å². The Morgan fingerprint density at radius 3 is 2.36 bits per heavy atom. The Kier molecular flexibility index (Phi) is 3.33. The SMILES string of the molecule is C#CC(C)(C)NC(C)c1ccccc1. The molecule has 1 nitrogen and oxygen atoms in total. The number of benzene rings is 1. The molecule has 0 amide bonds. The fraction of sp³-hybridized carbons (Fsp3) is 0.385. The van der Waals surface area contributed by atoms with Crippen LogP contribution in [0.2, 0.25) is 0 Å². The summed E-state index contributed by atoms with van der Waals surface area (Å²) in [5, 5.41) is 3.39. The number of terminal acetylenes is 1. The minimum Gasteiger partial charge on any atom is -0.295 e. The molecule has 0 saturated heterocycles. The third kappa shape index (κ3) is 2.90. The molecule has 1 atom stereocenters. The van der Waals surface area contributed by atoms with Crippen LogP contribution in [-0.2, 0) is 0 Å². The quantitative estimate of drug-likeness (QED) is 0.717. The van der Waals surface area contributed by atoms with Gasteiger partial charge in [-0.3, -0.25) is 5.32 Å². The zero-order valence-corrected chi connectivity index (χ0v) is 9.04. The van der Waals surface area contributed by atoms with Crippen molar-refractivity contribution >= 4 is 0 Å². The summed E-state index contributed by atoms with van der Waals surface area (Å²) in [7, 11) is 0. The lowest BCUT2D eigenvalue weighted by molar-refractivity contribution is 0.431. The summed E-state index contributed by atoms with van der Waals surface area (Å²) in [6.45, 7) is 6.13. The summed E-state index contributed by atoms with van der Waals surface area (Å²) in [6.07, 6.45) is 5.42. The third-order valence-corrected chi connectivity index (χ3v) is 2.24. The van der Waals surface area contributed by atoms with Gasteiger partial charge in [0.25, 0.3) is 0 Å². The van der Waals surface area contributed by atoms with Crippen molar-refractivity contribution in [2.24, 2.45) is 0 Å². The number of rotatable bonds is 3. The number of hydrogen-bond donors (Lipinski definition) is 1. The van der Waals surface area contributed by atoms with Crippen LogP contribution < -0.4 is 5.32 Å². The van der Waals surface area contributed by atoms with Gasteiger partial charge in [-0.2, -0.15) is 0 Å². The van der Waals surface area contributed by atoms with Crippen LogP contribution in [0.4, 0.5) is 0 Å². The molecular weight excluding hydrogens is 170 g/mol. The standard InChI is InChI=1S/C13H17N/c1-5-13(3,4)14-11(2)12-9-7-6-8-10-12/h1,6-11,14H,2-4H3. The van der Waals surface area contributed by atoms with Gasteiger partial charge in [-0.25, -0.2) is 0 Å². The molecule has 0 bridgehead atoms. The largest absolute Gasteiger partial charge is 0.295 e. The van der Waals surface area contributed by atoms with Crippen LogP contribution in [0.5, 0.6) is 0 Å². The molecule has 74 valence electrons. The maximum Gasteiger partial charge on any atom is 0.0745 e. The number of hydrogen-bond acceptors (Lipinski definition) is 1. The van der Waals surface area contributed by atoms with Crippen LogP contribution in [0.25, 0.3) is 0 Å². The Balaban J connectivity index is 2.70. The maximum atomic E-state index is 5.42. The lowest BCUT2D eigenvalue weighted by Crippen LogP contribution is -2.39. The summed E-state index contributed by atoms with van der Waals surface area (Å²) in [4.78, 5) is 0. The highest BCUT2D eigenvalue weighted by molar-refractivity contribution is 5.20. The summed E-state index contributed by atoms with van der Waals surface area (Å²) in [6, 6.07) is 10.6. The van der Waals surface area contributed by atoms with E-state index in [-0.39, 0.29) is 11.6 Å². The first-order valence-electron chi connectivity index (χ1n) is 4.85. The van der Waals surface area contributed by atoms with E-state index in [1.807, 2.05) is 32.0 Å². The van der Waals surface area contributed by atoms with E-state index in [1.54, 1.807) is 0 Å². The molecule has 0 radical (unpaired) electrons. The van der Waals surface area contributed by atoms with Crippen molar-refractivity contribution in [2.75, 3.05) is 0 Å². The Morgan fingerprint density at radius 2 is 1.86 bits per heavy atom. The first kappa shape index (κ1) is 10.8. The molecule has 1 rings (SSSR count). The lowest BCUT2D eigenvalue weighted by Gasteiger charge is -2.25. The molecule has 1 unspecified atom stereocenters. The van der Waals surface area contributed by atoms with Gasteiger partial charge in [0.1, 0.15) is 0 Å². The molecule has 1 heteroatoms. The van der Waals surface area contributed by atoms with E-state index in [9.17, 15) is 0 Å². The van der Waals surface area contributed by atoms with Crippen molar-refractivity contribution in [2.45, 2.75) is 32.4 Å². The number of nitrogens with one attached hydrogen (secondary N) is 1. The third-order valence-electron chi connectivity index (χ3n) is 2.24. The van der Waals surface area contributed by atoms with Crippen molar-refractivity contribution in [3.63, 3.8) is 0 Å². The second kappa shape index (κ2) is 4.30. The molecule has 14 heavy (non-hydrogen) atoms. The molecule has 1 aromatic rings. The average molecular weight is 187 g/mol. The van der Waals surface area contributed by atoms with Crippen molar-refractivity contribution < 1.29 is 0 Å². The van der Waals surface area contributed by atoms with Gasteiger partial charge >= 0.3 is 0 Å². The van der Waals surface area contributed by atoms with Crippen LogP contribution in [-0.4, -0.2) is 5.54 Å². The average Bonchev–Trinajstić information content (AvgIpc) is 2.19. The molecule has 1 aromatic carbocycles. The summed E-state index contributed by atoms with van der Waals surface area (Å²) < 4.78 is 0. The van der Waals surface area contributed by atoms with Gasteiger partial charge in [0.15, 0.2) is 0 Å². The van der Waals surface area contributed by atoms with Crippen molar-refractivity contribution in [3.8, 4) is 12.3 Å². The molecule has 0 heterocycles. The van der Waals surface area contributed by atoms with Gasteiger partial charge < -0.3 is 0 Å². The van der Waals surface area contributed by atoms with E-state index < -0.39 is 0 Å². The maximum absolute atomic E-state index is 5.42. The lowest BCUT2D eigenvalue weighted by atomic mass is 10.0. The van der Waals surface area contributed by atoms with Gasteiger partial charge in [0.2, 0.25) is 0 Å². The van der Waals surface area contributed by atoms with E-state index in [0.29, 0.717) is 0 Å². The predicted molar refractivity (Wildman–Crippen MR) is 60.9 cm³/mol. The van der Waals surface area contributed by atoms with E-state index in [1.165, 1.54) is 5.56 Å². The Labute approximate surface area is 86.5 Å². The van der Waals surface area contributed by atoms with Crippen LogP contribution in [0.3, 0.4) is 0 Å².